The number of hydrogen-bond donors (Lipinski definition) is 0. The quantitative estimate of drug-likeness (QED) is 0.809. The molecule has 0 radical (unpaired) electrons. The normalized spacial score (nSPS) is 12.9. The van der Waals surface area contributed by atoms with E-state index in [0.29, 0.717) is 17.7 Å². The van der Waals surface area contributed by atoms with Crippen LogP contribution in [0.25, 0.3) is 0 Å². The molecule has 0 amide bonds. The predicted octanol–water partition coefficient (Wildman–Crippen LogP) is 3.45. The molecule has 0 atom stereocenters. The lowest BCUT2D eigenvalue weighted by atomic mass is 10.0. The highest BCUT2D eigenvalue weighted by atomic mass is 19.3. The Morgan fingerprint density at radius 3 is 2.52 bits per heavy atom. The summed E-state index contributed by atoms with van der Waals surface area (Å²) in [4.78, 5) is 12.3. The molecule has 1 aliphatic rings. The topological polar surface area (TPSA) is 35.5 Å². The zero-order valence-corrected chi connectivity index (χ0v) is 11.0. The monoisotopic (exact) mass is 290 g/mol. The smallest absolute Gasteiger partial charge is 0.387 e. The van der Waals surface area contributed by atoms with Gasteiger partial charge in [0.1, 0.15) is 11.5 Å². The van der Waals surface area contributed by atoms with Crippen molar-refractivity contribution in [3.63, 3.8) is 0 Å². The summed E-state index contributed by atoms with van der Waals surface area (Å²) in [6.45, 7) is -2.24. The van der Waals surface area contributed by atoms with Crippen molar-refractivity contribution in [2.24, 2.45) is 0 Å². The first-order valence-electron chi connectivity index (χ1n) is 6.49. The van der Waals surface area contributed by atoms with Crippen LogP contribution in [-0.4, -0.2) is 19.0 Å². The number of ketones is 1. The summed E-state index contributed by atoms with van der Waals surface area (Å²) in [6.07, 6.45) is 0.789. The highest BCUT2D eigenvalue weighted by Gasteiger charge is 2.16. The molecule has 5 heteroatoms. The summed E-state index contributed by atoms with van der Waals surface area (Å²) in [6, 6.07) is 11.0. The Hall–Kier alpha value is -2.43. The number of carbonyl (C=O) groups is 1. The van der Waals surface area contributed by atoms with Gasteiger partial charge in [0.15, 0.2) is 5.78 Å². The van der Waals surface area contributed by atoms with Gasteiger partial charge in [-0.15, -0.1) is 0 Å². The fourth-order valence-corrected chi connectivity index (χ4v) is 2.28. The van der Waals surface area contributed by atoms with Gasteiger partial charge < -0.3 is 9.47 Å². The molecule has 0 spiro atoms. The Morgan fingerprint density at radius 2 is 1.81 bits per heavy atom. The number of ether oxygens (including phenoxy) is 2. The van der Waals surface area contributed by atoms with Crippen LogP contribution >= 0.6 is 0 Å². The Balaban J connectivity index is 1.81. The van der Waals surface area contributed by atoms with Gasteiger partial charge in [-0.3, -0.25) is 4.79 Å². The van der Waals surface area contributed by atoms with Gasteiger partial charge in [-0.25, -0.2) is 0 Å². The van der Waals surface area contributed by atoms with Crippen molar-refractivity contribution in [2.45, 2.75) is 13.0 Å². The lowest BCUT2D eigenvalue weighted by Crippen LogP contribution is -2.04. The summed E-state index contributed by atoms with van der Waals surface area (Å²) < 4.78 is 33.8. The van der Waals surface area contributed by atoms with Crippen LogP contribution in [0.5, 0.6) is 11.5 Å². The van der Waals surface area contributed by atoms with Crippen LogP contribution in [-0.2, 0) is 6.42 Å². The molecule has 21 heavy (non-hydrogen) atoms. The van der Waals surface area contributed by atoms with Crippen molar-refractivity contribution in [1.29, 1.82) is 0 Å². The molecule has 3 rings (SSSR count). The van der Waals surface area contributed by atoms with Gasteiger partial charge in [-0.05, 0) is 48.0 Å². The third kappa shape index (κ3) is 2.86. The molecule has 0 unspecified atom stereocenters. The maximum atomic E-state index is 12.3. The number of halogens is 2. The SMILES string of the molecule is O=C(c1ccc(OC(F)F)cc1)c1ccc2c(c1)CCO2. The van der Waals surface area contributed by atoms with Crippen LogP contribution in [0, 0.1) is 0 Å². The molecule has 0 saturated carbocycles. The van der Waals surface area contributed by atoms with Crippen molar-refractivity contribution in [1.82, 2.24) is 0 Å². The number of carbonyl (C=O) groups excluding carboxylic acids is 1. The fraction of sp³-hybridized carbons (Fsp3) is 0.188. The Morgan fingerprint density at radius 1 is 1.10 bits per heavy atom. The van der Waals surface area contributed by atoms with E-state index in [0.717, 1.165) is 17.7 Å². The zero-order chi connectivity index (χ0) is 14.8. The Kier molecular flexibility index (Phi) is 3.56. The van der Waals surface area contributed by atoms with E-state index in [9.17, 15) is 13.6 Å². The van der Waals surface area contributed by atoms with Crippen LogP contribution in [0.15, 0.2) is 42.5 Å². The first kappa shape index (κ1) is 13.5. The maximum absolute atomic E-state index is 12.3. The van der Waals surface area contributed by atoms with Crippen molar-refractivity contribution in [2.75, 3.05) is 6.61 Å². The van der Waals surface area contributed by atoms with E-state index in [1.807, 2.05) is 6.07 Å². The standard InChI is InChI=1S/C16H12F2O3/c17-16(18)21-13-4-1-10(2-5-13)15(19)12-3-6-14-11(9-12)7-8-20-14/h1-6,9,16H,7-8H2. The second-order valence-corrected chi connectivity index (χ2v) is 4.65. The minimum Gasteiger partial charge on any atom is -0.493 e. The van der Waals surface area contributed by atoms with Crippen LogP contribution in [0.3, 0.4) is 0 Å². The molecule has 2 aromatic rings. The molecule has 2 aromatic carbocycles. The minimum atomic E-state index is -2.87. The second kappa shape index (κ2) is 5.52. The van der Waals surface area contributed by atoms with Crippen molar-refractivity contribution in [3.05, 3.63) is 59.2 Å². The second-order valence-electron chi connectivity index (χ2n) is 4.65. The van der Waals surface area contributed by atoms with E-state index in [-0.39, 0.29) is 11.5 Å². The summed E-state index contributed by atoms with van der Waals surface area (Å²) >= 11 is 0. The molecule has 1 aliphatic heterocycles. The first-order valence-corrected chi connectivity index (χ1v) is 6.49. The average Bonchev–Trinajstić information content (AvgIpc) is 2.94. The van der Waals surface area contributed by atoms with E-state index in [1.54, 1.807) is 12.1 Å². The summed E-state index contributed by atoms with van der Waals surface area (Å²) in [5.41, 5.74) is 2.00. The van der Waals surface area contributed by atoms with E-state index in [1.165, 1.54) is 24.3 Å². The maximum Gasteiger partial charge on any atom is 0.387 e. The van der Waals surface area contributed by atoms with Gasteiger partial charge in [0.25, 0.3) is 0 Å². The van der Waals surface area contributed by atoms with E-state index < -0.39 is 6.61 Å². The number of alkyl halides is 2. The van der Waals surface area contributed by atoms with Gasteiger partial charge in [0.2, 0.25) is 0 Å². The van der Waals surface area contributed by atoms with Crippen LogP contribution < -0.4 is 9.47 Å². The Bertz CT molecular complexity index is 666. The van der Waals surface area contributed by atoms with Gasteiger partial charge in [0.05, 0.1) is 6.61 Å². The molecular weight excluding hydrogens is 278 g/mol. The Labute approximate surface area is 120 Å². The summed E-state index contributed by atoms with van der Waals surface area (Å²) in [7, 11) is 0. The highest BCUT2D eigenvalue weighted by Crippen LogP contribution is 2.27. The summed E-state index contributed by atoms with van der Waals surface area (Å²) in [5, 5.41) is 0. The average molecular weight is 290 g/mol. The number of benzene rings is 2. The third-order valence-electron chi connectivity index (χ3n) is 3.29. The van der Waals surface area contributed by atoms with Gasteiger partial charge in [0, 0.05) is 17.5 Å². The van der Waals surface area contributed by atoms with E-state index in [4.69, 9.17) is 4.74 Å². The van der Waals surface area contributed by atoms with Crippen molar-refractivity contribution >= 4 is 5.78 Å². The van der Waals surface area contributed by atoms with E-state index in [2.05, 4.69) is 4.74 Å². The molecule has 0 aliphatic carbocycles. The fourth-order valence-electron chi connectivity index (χ4n) is 2.28. The molecule has 0 bridgehead atoms. The molecule has 108 valence electrons. The van der Waals surface area contributed by atoms with E-state index >= 15 is 0 Å². The molecule has 0 fully saturated rings. The first-order chi connectivity index (χ1) is 10.1. The largest absolute Gasteiger partial charge is 0.493 e. The number of hydrogen-bond acceptors (Lipinski definition) is 3. The van der Waals surface area contributed by atoms with Crippen LogP contribution in [0.4, 0.5) is 8.78 Å². The lowest BCUT2D eigenvalue weighted by Gasteiger charge is -2.06. The van der Waals surface area contributed by atoms with Crippen molar-refractivity contribution in [3.8, 4) is 11.5 Å². The van der Waals surface area contributed by atoms with Gasteiger partial charge in [-0.1, -0.05) is 0 Å². The molecule has 0 saturated heterocycles. The lowest BCUT2D eigenvalue weighted by molar-refractivity contribution is -0.0498. The van der Waals surface area contributed by atoms with Gasteiger partial charge in [-0.2, -0.15) is 8.78 Å². The minimum absolute atomic E-state index is 0.0314. The molecule has 3 nitrogen and oxygen atoms in total. The zero-order valence-electron chi connectivity index (χ0n) is 11.0. The van der Waals surface area contributed by atoms with Gasteiger partial charge >= 0.3 is 6.61 Å². The third-order valence-corrected chi connectivity index (χ3v) is 3.29. The van der Waals surface area contributed by atoms with Crippen LogP contribution in [0.1, 0.15) is 21.5 Å². The molecule has 1 heterocycles. The number of rotatable bonds is 4. The molecular formula is C16H12F2O3. The van der Waals surface area contributed by atoms with Crippen LogP contribution in [0.2, 0.25) is 0 Å². The molecule has 0 N–H and O–H groups in total. The summed E-state index contributed by atoms with van der Waals surface area (Å²) in [5.74, 6) is 0.685. The number of fused-ring (bicyclic) bond motifs is 1. The predicted molar refractivity (Wildman–Crippen MR) is 72.1 cm³/mol. The highest BCUT2D eigenvalue weighted by molar-refractivity contribution is 6.09. The van der Waals surface area contributed by atoms with Crippen molar-refractivity contribution < 1.29 is 23.0 Å². The molecule has 0 aromatic heterocycles.